The quantitative estimate of drug-likeness (QED) is 0.260. The van der Waals surface area contributed by atoms with Crippen LogP contribution in [-0.4, -0.2) is 47.3 Å². The molecule has 0 aliphatic carbocycles. The molecule has 0 saturated heterocycles. The number of likely N-dealkylation sites (N-methyl/N-ethyl adjacent to an activating group) is 1. The average Bonchev–Trinajstić information content (AvgIpc) is 2.78. The number of amides is 1. The molecule has 3 N–H and O–H groups in total. The molecule has 0 saturated carbocycles. The van der Waals surface area contributed by atoms with Crippen molar-refractivity contribution < 1.29 is 15.0 Å². The van der Waals surface area contributed by atoms with Crippen LogP contribution in [0.5, 0.6) is 0 Å². The van der Waals surface area contributed by atoms with Crippen LogP contribution in [0.25, 0.3) is 0 Å². The van der Waals surface area contributed by atoms with E-state index < -0.39 is 6.10 Å². The lowest BCUT2D eigenvalue weighted by atomic mass is 10.0. The molecule has 2 atom stereocenters. The van der Waals surface area contributed by atoms with Crippen molar-refractivity contribution >= 4 is 11.6 Å². The summed E-state index contributed by atoms with van der Waals surface area (Å²) in [6.45, 7) is 4.88. The highest BCUT2D eigenvalue weighted by atomic mass is 16.3. The molecule has 1 rings (SSSR count). The second kappa shape index (κ2) is 17.2. The maximum Gasteiger partial charge on any atom is 0.224 e. The summed E-state index contributed by atoms with van der Waals surface area (Å²) >= 11 is 0. The Morgan fingerprint density at radius 3 is 1.90 bits per heavy atom. The Labute approximate surface area is 190 Å². The molecule has 178 valence electrons. The van der Waals surface area contributed by atoms with Crippen LogP contribution in [0.4, 0.5) is 5.69 Å². The number of aliphatic hydroxyl groups excluding tert-OH is 2. The normalized spacial score (nSPS) is 13.4. The lowest BCUT2D eigenvalue weighted by Gasteiger charge is -2.29. The van der Waals surface area contributed by atoms with Gasteiger partial charge in [-0.05, 0) is 37.7 Å². The second-order valence-corrected chi connectivity index (χ2v) is 8.72. The van der Waals surface area contributed by atoms with Crippen LogP contribution >= 0.6 is 0 Å². The molecule has 5 heteroatoms. The monoisotopic (exact) mass is 434 g/mol. The summed E-state index contributed by atoms with van der Waals surface area (Å²) in [6, 6.07) is 6.92. The Morgan fingerprint density at radius 2 is 1.42 bits per heavy atom. The molecule has 0 bridgehead atoms. The number of benzene rings is 1. The fourth-order valence-electron chi connectivity index (χ4n) is 3.87. The van der Waals surface area contributed by atoms with Crippen LogP contribution in [-0.2, 0) is 4.79 Å². The van der Waals surface area contributed by atoms with E-state index in [0.717, 1.165) is 30.6 Å². The van der Waals surface area contributed by atoms with Crippen LogP contribution in [0.1, 0.15) is 103 Å². The van der Waals surface area contributed by atoms with Gasteiger partial charge < -0.3 is 15.5 Å². The van der Waals surface area contributed by atoms with E-state index in [0.29, 0.717) is 6.42 Å². The zero-order valence-corrected chi connectivity index (χ0v) is 20.1. The third-order valence-corrected chi connectivity index (χ3v) is 6.16. The van der Waals surface area contributed by atoms with Gasteiger partial charge in [0.2, 0.25) is 5.91 Å². The van der Waals surface area contributed by atoms with Gasteiger partial charge in [0.1, 0.15) is 0 Å². The van der Waals surface area contributed by atoms with Crippen molar-refractivity contribution in [1.82, 2.24) is 4.90 Å². The molecule has 5 nitrogen and oxygen atoms in total. The number of rotatable bonds is 18. The number of anilines is 1. The predicted octanol–water partition coefficient (Wildman–Crippen LogP) is 5.67. The Balaban J connectivity index is 2.21. The highest BCUT2D eigenvalue weighted by Crippen LogP contribution is 2.22. The van der Waals surface area contributed by atoms with Crippen LogP contribution < -0.4 is 5.32 Å². The fraction of sp³-hybridized carbons (Fsp3) is 0.731. The summed E-state index contributed by atoms with van der Waals surface area (Å²) in [5.74, 6) is 0.0446. The Bertz CT molecular complexity index is 577. The molecule has 0 aliphatic rings. The van der Waals surface area contributed by atoms with E-state index in [2.05, 4.69) is 12.2 Å². The molecule has 0 heterocycles. The Morgan fingerprint density at radius 1 is 0.903 bits per heavy atom. The summed E-state index contributed by atoms with van der Waals surface area (Å²) in [7, 11) is 1.88. The van der Waals surface area contributed by atoms with Gasteiger partial charge in [0.15, 0.2) is 0 Å². The van der Waals surface area contributed by atoms with E-state index in [-0.39, 0.29) is 18.6 Å². The van der Waals surface area contributed by atoms with Crippen LogP contribution in [0.15, 0.2) is 24.3 Å². The van der Waals surface area contributed by atoms with Gasteiger partial charge in [-0.2, -0.15) is 0 Å². The first-order valence-electron chi connectivity index (χ1n) is 12.4. The maximum atomic E-state index is 12.2. The largest absolute Gasteiger partial charge is 0.395 e. The number of carbonyl (C=O) groups is 1. The van der Waals surface area contributed by atoms with Crippen LogP contribution in [0.2, 0.25) is 0 Å². The molecule has 0 aromatic heterocycles. The van der Waals surface area contributed by atoms with E-state index in [1.54, 1.807) is 0 Å². The number of nitrogens with one attached hydrogen (secondary N) is 1. The van der Waals surface area contributed by atoms with Gasteiger partial charge in [0.25, 0.3) is 0 Å². The first-order valence-corrected chi connectivity index (χ1v) is 12.4. The predicted molar refractivity (Wildman–Crippen MR) is 130 cm³/mol. The third kappa shape index (κ3) is 11.7. The number of aliphatic hydroxyl groups is 2. The summed E-state index contributed by atoms with van der Waals surface area (Å²) in [5.41, 5.74) is 1.48. The molecule has 0 radical (unpaired) electrons. The number of unbranched alkanes of at least 4 members (excludes halogenated alkanes) is 10. The summed E-state index contributed by atoms with van der Waals surface area (Å²) in [4.78, 5) is 14.1. The van der Waals surface area contributed by atoms with Crippen molar-refractivity contribution in [3.05, 3.63) is 29.8 Å². The lowest BCUT2D eigenvalue weighted by molar-refractivity contribution is -0.116. The van der Waals surface area contributed by atoms with Crippen molar-refractivity contribution in [1.29, 1.82) is 0 Å². The highest BCUT2D eigenvalue weighted by molar-refractivity contribution is 5.90. The highest BCUT2D eigenvalue weighted by Gasteiger charge is 2.23. The summed E-state index contributed by atoms with van der Waals surface area (Å²) in [5, 5.41) is 23.1. The number of nitrogens with zero attached hydrogens (tertiary/aromatic N) is 1. The molecule has 1 aromatic carbocycles. The van der Waals surface area contributed by atoms with Crippen LogP contribution in [0, 0.1) is 0 Å². The molecule has 0 fully saturated rings. The van der Waals surface area contributed by atoms with Gasteiger partial charge in [0.05, 0.1) is 18.8 Å². The van der Waals surface area contributed by atoms with E-state index >= 15 is 0 Å². The van der Waals surface area contributed by atoms with Gasteiger partial charge in [-0.3, -0.25) is 9.69 Å². The Kier molecular flexibility index (Phi) is 15.3. The summed E-state index contributed by atoms with van der Waals surface area (Å²) < 4.78 is 0. The average molecular weight is 435 g/mol. The summed E-state index contributed by atoms with van der Waals surface area (Å²) in [6.07, 6.45) is 13.8. The standard InChI is InChI=1S/C26H46N2O3/c1-4-6-7-8-9-10-11-12-13-14-15-16-25(30)27-23-19-17-22(18-20-23)26(31)24(21-29)28(3)5-2/h17-20,24,26,29,31H,4-16,21H2,1-3H3,(H,27,30). The second-order valence-electron chi connectivity index (χ2n) is 8.72. The first-order chi connectivity index (χ1) is 15.0. The van der Waals surface area contributed by atoms with Gasteiger partial charge in [0, 0.05) is 12.1 Å². The van der Waals surface area contributed by atoms with E-state index in [1.165, 1.54) is 57.8 Å². The fourth-order valence-corrected chi connectivity index (χ4v) is 3.87. The smallest absolute Gasteiger partial charge is 0.224 e. The van der Waals surface area contributed by atoms with Crippen molar-refractivity contribution in [2.45, 2.75) is 103 Å². The third-order valence-electron chi connectivity index (χ3n) is 6.16. The van der Waals surface area contributed by atoms with E-state index in [9.17, 15) is 15.0 Å². The van der Waals surface area contributed by atoms with Gasteiger partial charge in [-0.25, -0.2) is 0 Å². The minimum Gasteiger partial charge on any atom is -0.395 e. The minimum absolute atomic E-state index is 0.0446. The molecule has 1 aromatic rings. The molecule has 0 spiro atoms. The number of hydrogen-bond acceptors (Lipinski definition) is 4. The van der Waals surface area contributed by atoms with Crippen molar-refractivity contribution in [2.24, 2.45) is 0 Å². The van der Waals surface area contributed by atoms with Crippen molar-refractivity contribution in [3.63, 3.8) is 0 Å². The van der Waals surface area contributed by atoms with E-state index in [1.807, 2.05) is 43.1 Å². The van der Waals surface area contributed by atoms with E-state index in [4.69, 9.17) is 0 Å². The lowest BCUT2D eigenvalue weighted by Crippen LogP contribution is -2.39. The molecule has 31 heavy (non-hydrogen) atoms. The zero-order valence-electron chi connectivity index (χ0n) is 20.1. The van der Waals surface area contributed by atoms with Gasteiger partial charge in [-0.1, -0.05) is 90.2 Å². The topological polar surface area (TPSA) is 72.8 Å². The molecular weight excluding hydrogens is 388 g/mol. The molecule has 0 aliphatic heterocycles. The van der Waals surface area contributed by atoms with Gasteiger partial charge in [-0.15, -0.1) is 0 Å². The SMILES string of the molecule is CCCCCCCCCCCCCC(=O)Nc1ccc(C(O)C(CO)N(C)CC)cc1. The minimum atomic E-state index is -0.768. The van der Waals surface area contributed by atoms with Crippen LogP contribution in [0.3, 0.4) is 0 Å². The first kappa shape index (κ1) is 27.6. The molecule has 1 amide bonds. The van der Waals surface area contributed by atoms with Gasteiger partial charge >= 0.3 is 0 Å². The number of carbonyl (C=O) groups excluding carboxylic acids is 1. The molecular formula is C26H46N2O3. The number of hydrogen-bond donors (Lipinski definition) is 3. The van der Waals surface area contributed by atoms with Crippen molar-refractivity contribution in [2.75, 3.05) is 25.5 Å². The zero-order chi connectivity index (χ0) is 22.9. The Hall–Kier alpha value is -1.43. The van der Waals surface area contributed by atoms with Crippen molar-refractivity contribution in [3.8, 4) is 0 Å². The molecule has 2 unspecified atom stereocenters. The maximum absolute atomic E-state index is 12.2.